The third-order valence-corrected chi connectivity index (χ3v) is 4.38. The van der Waals surface area contributed by atoms with Crippen LogP contribution >= 0.6 is 0 Å². The Morgan fingerprint density at radius 2 is 1.42 bits per heavy atom. The molecule has 126 valence electrons. The van der Waals surface area contributed by atoms with Crippen LogP contribution in [0.15, 0.2) is 30.7 Å². The summed E-state index contributed by atoms with van der Waals surface area (Å²) in [7, 11) is 0. The highest BCUT2D eigenvalue weighted by Gasteiger charge is 2.21. The second-order valence-electron chi connectivity index (χ2n) is 5.85. The van der Waals surface area contributed by atoms with E-state index in [2.05, 4.69) is 40.7 Å². The normalized spacial score (nSPS) is 18.8. The smallest absolute Gasteiger partial charge is 0.230 e. The van der Waals surface area contributed by atoms with Gasteiger partial charge in [-0.25, -0.2) is 15.0 Å². The summed E-state index contributed by atoms with van der Waals surface area (Å²) in [6, 6.07) is 6.02. The van der Waals surface area contributed by atoms with Crippen LogP contribution in [0.5, 0.6) is 0 Å². The van der Waals surface area contributed by atoms with Crippen LogP contribution in [-0.2, 0) is 4.74 Å². The quantitative estimate of drug-likeness (QED) is 0.804. The lowest BCUT2D eigenvalue weighted by atomic mass is 10.3. The molecule has 0 N–H and O–H groups in total. The molecule has 8 heteroatoms. The Hall–Kier alpha value is -2.48. The van der Waals surface area contributed by atoms with Crippen molar-refractivity contribution in [1.29, 1.82) is 0 Å². The molecule has 2 aromatic heterocycles. The van der Waals surface area contributed by atoms with Gasteiger partial charge >= 0.3 is 0 Å². The van der Waals surface area contributed by atoms with Gasteiger partial charge in [0.05, 0.1) is 13.2 Å². The molecule has 2 aromatic rings. The number of piperazine rings is 1. The lowest BCUT2D eigenvalue weighted by Crippen LogP contribution is -2.47. The molecule has 0 spiro atoms. The third kappa shape index (κ3) is 3.23. The monoisotopic (exact) mass is 327 g/mol. The van der Waals surface area contributed by atoms with Gasteiger partial charge in [-0.15, -0.1) is 0 Å². The van der Waals surface area contributed by atoms with Gasteiger partial charge in [0, 0.05) is 45.5 Å². The lowest BCUT2D eigenvalue weighted by molar-refractivity contribution is 0.122. The largest absolute Gasteiger partial charge is 0.378 e. The van der Waals surface area contributed by atoms with E-state index in [1.54, 1.807) is 6.33 Å². The van der Waals surface area contributed by atoms with Gasteiger partial charge in [-0.3, -0.25) is 0 Å². The zero-order valence-corrected chi connectivity index (χ0v) is 13.6. The van der Waals surface area contributed by atoms with Crippen molar-refractivity contribution in [2.24, 2.45) is 0 Å². The van der Waals surface area contributed by atoms with Gasteiger partial charge in [0.15, 0.2) is 0 Å². The van der Waals surface area contributed by atoms with Gasteiger partial charge in [0.25, 0.3) is 0 Å². The molecule has 2 aliphatic rings. The van der Waals surface area contributed by atoms with Crippen LogP contribution in [0.2, 0.25) is 0 Å². The van der Waals surface area contributed by atoms with E-state index in [9.17, 15) is 0 Å². The molecule has 0 amide bonds. The summed E-state index contributed by atoms with van der Waals surface area (Å²) in [5, 5.41) is 0. The summed E-state index contributed by atoms with van der Waals surface area (Å²) in [6.45, 7) is 6.69. The Kier molecular flexibility index (Phi) is 4.37. The minimum Gasteiger partial charge on any atom is -0.378 e. The maximum atomic E-state index is 5.39. The summed E-state index contributed by atoms with van der Waals surface area (Å²) < 4.78 is 5.39. The fraction of sp³-hybridized carbons (Fsp3) is 0.500. The Labute approximate surface area is 141 Å². The summed E-state index contributed by atoms with van der Waals surface area (Å²) in [6.07, 6.45) is 3.44. The summed E-state index contributed by atoms with van der Waals surface area (Å²) in [5.74, 6) is 2.53. The van der Waals surface area contributed by atoms with Crippen molar-refractivity contribution in [3.8, 4) is 0 Å². The van der Waals surface area contributed by atoms with E-state index >= 15 is 0 Å². The Bertz CT molecular complexity index is 654. The zero-order valence-electron chi connectivity index (χ0n) is 13.6. The van der Waals surface area contributed by atoms with Crippen molar-refractivity contribution >= 4 is 17.7 Å². The van der Waals surface area contributed by atoms with Crippen LogP contribution in [0.25, 0.3) is 0 Å². The maximum absolute atomic E-state index is 5.39. The number of anilines is 3. The number of nitrogens with zero attached hydrogens (tertiary/aromatic N) is 7. The molecular formula is C16H21N7O. The van der Waals surface area contributed by atoms with E-state index in [0.29, 0.717) is 0 Å². The van der Waals surface area contributed by atoms with Crippen molar-refractivity contribution in [1.82, 2.24) is 19.9 Å². The number of hydrogen-bond acceptors (Lipinski definition) is 8. The highest BCUT2D eigenvalue weighted by Crippen LogP contribution is 2.17. The molecular weight excluding hydrogens is 306 g/mol. The van der Waals surface area contributed by atoms with Crippen molar-refractivity contribution in [2.45, 2.75) is 0 Å². The first-order valence-corrected chi connectivity index (χ1v) is 8.33. The summed E-state index contributed by atoms with van der Waals surface area (Å²) in [5.41, 5.74) is 0. The third-order valence-electron chi connectivity index (χ3n) is 4.38. The average Bonchev–Trinajstić information content (AvgIpc) is 2.70. The second-order valence-corrected chi connectivity index (χ2v) is 5.85. The molecule has 24 heavy (non-hydrogen) atoms. The van der Waals surface area contributed by atoms with Crippen molar-refractivity contribution < 1.29 is 4.74 Å². The Morgan fingerprint density at radius 1 is 0.750 bits per heavy atom. The number of aromatic nitrogens is 4. The Morgan fingerprint density at radius 3 is 2.08 bits per heavy atom. The molecule has 4 heterocycles. The Balaban J connectivity index is 1.42. The molecule has 0 radical (unpaired) electrons. The van der Waals surface area contributed by atoms with E-state index in [-0.39, 0.29) is 0 Å². The molecule has 2 aliphatic heterocycles. The molecule has 2 fully saturated rings. The molecule has 0 atom stereocenters. The molecule has 0 saturated carbocycles. The van der Waals surface area contributed by atoms with E-state index in [4.69, 9.17) is 4.74 Å². The number of rotatable bonds is 3. The van der Waals surface area contributed by atoms with Crippen LogP contribution in [0, 0.1) is 0 Å². The summed E-state index contributed by atoms with van der Waals surface area (Å²) in [4.78, 5) is 24.4. The van der Waals surface area contributed by atoms with Crippen LogP contribution < -0.4 is 14.7 Å². The van der Waals surface area contributed by atoms with Gasteiger partial charge in [-0.2, -0.15) is 4.98 Å². The SMILES string of the molecule is c1ccc(N2CCN(c3ncnc(N4CCOCC4)n3)CC2)nc1. The average molecular weight is 327 g/mol. The van der Waals surface area contributed by atoms with Crippen LogP contribution in [0.3, 0.4) is 0 Å². The molecule has 4 rings (SSSR count). The van der Waals surface area contributed by atoms with Crippen molar-refractivity contribution in [2.75, 3.05) is 67.2 Å². The standard InChI is InChI=1S/C16H21N7O/c1-2-4-17-14(3-1)21-5-7-22(8-6-21)15-18-13-19-16(20-15)23-9-11-24-12-10-23/h1-4,13H,5-12H2. The van der Waals surface area contributed by atoms with Gasteiger partial charge in [-0.1, -0.05) is 6.07 Å². The van der Waals surface area contributed by atoms with Crippen molar-refractivity contribution in [3.63, 3.8) is 0 Å². The number of pyridine rings is 1. The number of morpholine rings is 1. The first-order chi connectivity index (χ1) is 11.9. The zero-order chi connectivity index (χ0) is 16.2. The van der Waals surface area contributed by atoms with E-state index < -0.39 is 0 Å². The number of hydrogen-bond donors (Lipinski definition) is 0. The van der Waals surface area contributed by atoms with Gasteiger partial charge in [0.2, 0.25) is 11.9 Å². The highest BCUT2D eigenvalue weighted by molar-refractivity contribution is 5.43. The van der Waals surface area contributed by atoms with Crippen LogP contribution in [0.1, 0.15) is 0 Å². The van der Waals surface area contributed by atoms with Gasteiger partial charge in [0.1, 0.15) is 12.1 Å². The fourth-order valence-corrected chi connectivity index (χ4v) is 3.02. The molecule has 8 nitrogen and oxygen atoms in total. The van der Waals surface area contributed by atoms with Crippen molar-refractivity contribution in [3.05, 3.63) is 30.7 Å². The molecule has 2 saturated heterocycles. The minimum atomic E-state index is 0.726. The maximum Gasteiger partial charge on any atom is 0.230 e. The fourth-order valence-electron chi connectivity index (χ4n) is 3.02. The highest BCUT2D eigenvalue weighted by atomic mass is 16.5. The molecule has 0 unspecified atom stereocenters. The topological polar surface area (TPSA) is 70.5 Å². The van der Waals surface area contributed by atoms with Crippen LogP contribution in [-0.4, -0.2) is 72.4 Å². The molecule has 0 aliphatic carbocycles. The molecule has 0 bridgehead atoms. The minimum absolute atomic E-state index is 0.726. The first kappa shape index (κ1) is 15.1. The summed E-state index contributed by atoms with van der Waals surface area (Å²) >= 11 is 0. The molecule has 0 aromatic carbocycles. The van der Waals surface area contributed by atoms with Gasteiger partial charge in [-0.05, 0) is 12.1 Å². The van der Waals surface area contributed by atoms with E-state index in [1.807, 2.05) is 18.3 Å². The predicted octanol–water partition coefficient (Wildman–Crippen LogP) is 0.430. The van der Waals surface area contributed by atoms with Crippen LogP contribution in [0.4, 0.5) is 17.7 Å². The second kappa shape index (κ2) is 6.96. The van der Waals surface area contributed by atoms with E-state index in [1.165, 1.54) is 0 Å². The van der Waals surface area contributed by atoms with Gasteiger partial charge < -0.3 is 19.4 Å². The number of ether oxygens (including phenoxy) is 1. The van der Waals surface area contributed by atoms with E-state index in [0.717, 1.165) is 70.2 Å². The predicted molar refractivity (Wildman–Crippen MR) is 91.5 cm³/mol. The first-order valence-electron chi connectivity index (χ1n) is 8.33. The lowest BCUT2D eigenvalue weighted by Gasteiger charge is -2.35.